The number of benzene rings is 1. The summed E-state index contributed by atoms with van der Waals surface area (Å²) in [4.78, 5) is 2.14. The Morgan fingerprint density at radius 1 is 1.31 bits per heavy atom. The van der Waals surface area contributed by atoms with E-state index in [0.29, 0.717) is 5.84 Å². The Morgan fingerprint density at radius 3 is 2.56 bits per heavy atom. The molecule has 16 heavy (non-hydrogen) atoms. The van der Waals surface area contributed by atoms with Gasteiger partial charge in [-0.1, -0.05) is 0 Å². The molecule has 0 atom stereocenters. The van der Waals surface area contributed by atoms with E-state index in [4.69, 9.17) is 10.1 Å². The van der Waals surface area contributed by atoms with Gasteiger partial charge in [-0.25, -0.2) is 0 Å². The van der Waals surface area contributed by atoms with E-state index in [1.807, 2.05) is 25.1 Å². The summed E-state index contributed by atoms with van der Waals surface area (Å²) in [5.74, 6) is 1.53. The number of hydrogen-bond donors (Lipinski definition) is 1. The zero-order valence-corrected chi connectivity index (χ0v) is 9.92. The van der Waals surface area contributed by atoms with Gasteiger partial charge in [0.2, 0.25) is 0 Å². The summed E-state index contributed by atoms with van der Waals surface area (Å²) < 4.78 is 5.22. The number of nitrogens with one attached hydrogen (secondary N) is 1. The molecule has 86 valence electrons. The second-order valence-electron chi connectivity index (χ2n) is 4.23. The van der Waals surface area contributed by atoms with E-state index in [1.165, 1.54) is 12.8 Å². The van der Waals surface area contributed by atoms with Gasteiger partial charge in [-0.05, 0) is 43.5 Å². The fourth-order valence-electron chi connectivity index (χ4n) is 2.15. The van der Waals surface area contributed by atoms with E-state index >= 15 is 0 Å². The number of nitrogens with zero attached hydrogens (tertiary/aromatic N) is 1. The maximum Gasteiger partial charge on any atom is 0.128 e. The minimum atomic E-state index is 0.642. The van der Waals surface area contributed by atoms with Crippen LogP contribution in [0, 0.1) is 12.3 Å². The third-order valence-corrected chi connectivity index (χ3v) is 3.09. The summed E-state index contributed by atoms with van der Waals surface area (Å²) >= 11 is 0. The van der Waals surface area contributed by atoms with Crippen LogP contribution in [0.1, 0.15) is 24.0 Å². The summed E-state index contributed by atoms with van der Waals surface area (Å²) in [6.07, 6.45) is 2.41. The van der Waals surface area contributed by atoms with Crippen molar-refractivity contribution >= 4 is 5.84 Å². The molecule has 0 amide bonds. The average Bonchev–Trinajstić information content (AvgIpc) is 2.81. The van der Waals surface area contributed by atoms with E-state index in [2.05, 4.69) is 4.90 Å². The highest BCUT2D eigenvalue weighted by atomic mass is 16.5. The summed E-state index contributed by atoms with van der Waals surface area (Å²) in [6, 6.07) is 5.93. The van der Waals surface area contributed by atoms with Crippen molar-refractivity contribution in [2.75, 3.05) is 20.2 Å². The zero-order valence-electron chi connectivity index (χ0n) is 9.92. The Kier molecular flexibility index (Phi) is 3.13. The standard InChI is InChI=1S/C13H18N2O/c1-10-9-11(5-6-12(10)16-2)13(14)15-7-3-4-8-15/h5-6,9,14H,3-4,7-8H2,1-2H3. The van der Waals surface area contributed by atoms with Gasteiger partial charge in [-0.2, -0.15) is 0 Å². The number of ether oxygens (including phenoxy) is 1. The largest absolute Gasteiger partial charge is 0.496 e. The van der Waals surface area contributed by atoms with Gasteiger partial charge >= 0.3 is 0 Å². The van der Waals surface area contributed by atoms with Crippen LogP contribution in [0.3, 0.4) is 0 Å². The van der Waals surface area contributed by atoms with Crippen LogP contribution in [0.5, 0.6) is 5.75 Å². The van der Waals surface area contributed by atoms with Gasteiger partial charge in [0, 0.05) is 18.7 Å². The van der Waals surface area contributed by atoms with Crippen LogP contribution in [0.4, 0.5) is 0 Å². The molecule has 1 N–H and O–H groups in total. The third kappa shape index (κ3) is 2.03. The Hall–Kier alpha value is -1.51. The molecular weight excluding hydrogens is 200 g/mol. The van der Waals surface area contributed by atoms with Crippen LogP contribution in [0.25, 0.3) is 0 Å². The highest BCUT2D eigenvalue weighted by molar-refractivity contribution is 5.96. The van der Waals surface area contributed by atoms with E-state index < -0.39 is 0 Å². The van der Waals surface area contributed by atoms with Crippen molar-refractivity contribution in [2.24, 2.45) is 0 Å². The van der Waals surface area contributed by atoms with E-state index in [9.17, 15) is 0 Å². The van der Waals surface area contributed by atoms with Crippen LogP contribution < -0.4 is 4.74 Å². The first-order chi connectivity index (χ1) is 7.72. The molecule has 1 aliphatic heterocycles. The fourth-order valence-corrected chi connectivity index (χ4v) is 2.15. The number of hydrogen-bond acceptors (Lipinski definition) is 2. The van der Waals surface area contributed by atoms with Crippen LogP contribution in [-0.2, 0) is 0 Å². The topological polar surface area (TPSA) is 36.3 Å². The van der Waals surface area contributed by atoms with Gasteiger partial charge in [0.05, 0.1) is 7.11 Å². The van der Waals surface area contributed by atoms with Crippen LogP contribution in [-0.4, -0.2) is 30.9 Å². The molecule has 1 aliphatic rings. The van der Waals surface area contributed by atoms with Crippen molar-refractivity contribution in [2.45, 2.75) is 19.8 Å². The molecule has 0 spiro atoms. The SMILES string of the molecule is COc1ccc(C(=N)N2CCCC2)cc1C. The number of likely N-dealkylation sites (tertiary alicyclic amines) is 1. The molecule has 0 radical (unpaired) electrons. The Bertz CT molecular complexity index is 395. The molecule has 1 heterocycles. The molecule has 0 aliphatic carbocycles. The average molecular weight is 218 g/mol. The van der Waals surface area contributed by atoms with E-state index in [-0.39, 0.29) is 0 Å². The third-order valence-electron chi connectivity index (χ3n) is 3.09. The second kappa shape index (κ2) is 4.56. The van der Waals surface area contributed by atoms with Crippen LogP contribution >= 0.6 is 0 Å². The van der Waals surface area contributed by atoms with Crippen molar-refractivity contribution in [3.8, 4) is 5.75 Å². The number of rotatable bonds is 2. The summed E-state index contributed by atoms with van der Waals surface area (Å²) in [7, 11) is 1.67. The quantitative estimate of drug-likeness (QED) is 0.611. The predicted octanol–water partition coefficient (Wildman–Crippen LogP) is 2.42. The van der Waals surface area contributed by atoms with Gasteiger partial charge < -0.3 is 9.64 Å². The van der Waals surface area contributed by atoms with Crippen molar-refractivity contribution in [3.05, 3.63) is 29.3 Å². The highest BCUT2D eigenvalue weighted by Gasteiger charge is 2.16. The first-order valence-electron chi connectivity index (χ1n) is 5.71. The Balaban J connectivity index is 2.20. The van der Waals surface area contributed by atoms with Gasteiger partial charge in [-0.3, -0.25) is 5.41 Å². The van der Waals surface area contributed by atoms with Crippen molar-refractivity contribution < 1.29 is 4.74 Å². The number of aryl methyl sites for hydroxylation is 1. The lowest BCUT2D eigenvalue weighted by molar-refractivity contribution is 0.411. The molecule has 1 fully saturated rings. The smallest absolute Gasteiger partial charge is 0.128 e. The van der Waals surface area contributed by atoms with Crippen molar-refractivity contribution in [1.82, 2.24) is 4.90 Å². The molecule has 0 saturated carbocycles. The van der Waals surface area contributed by atoms with E-state index in [0.717, 1.165) is 30.0 Å². The highest BCUT2D eigenvalue weighted by Crippen LogP contribution is 2.20. The molecule has 3 heteroatoms. The summed E-state index contributed by atoms with van der Waals surface area (Å²) in [5, 5.41) is 8.14. The van der Waals surface area contributed by atoms with Crippen LogP contribution in [0.2, 0.25) is 0 Å². The minimum Gasteiger partial charge on any atom is -0.496 e. The normalized spacial score (nSPS) is 15.2. The Labute approximate surface area is 96.5 Å². The number of methoxy groups -OCH3 is 1. The van der Waals surface area contributed by atoms with E-state index in [1.54, 1.807) is 7.11 Å². The number of amidine groups is 1. The second-order valence-corrected chi connectivity index (χ2v) is 4.23. The lowest BCUT2D eigenvalue weighted by Crippen LogP contribution is -2.27. The lowest BCUT2D eigenvalue weighted by Gasteiger charge is -2.19. The molecular formula is C13H18N2O. The minimum absolute atomic E-state index is 0.642. The molecule has 0 bridgehead atoms. The molecule has 0 unspecified atom stereocenters. The maximum absolute atomic E-state index is 8.14. The summed E-state index contributed by atoms with van der Waals surface area (Å²) in [6.45, 7) is 4.05. The van der Waals surface area contributed by atoms with Gasteiger partial charge in [-0.15, -0.1) is 0 Å². The monoisotopic (exact) mass is 218 g/mol. The first-order valence-corrected chi connectivity index (χ1v) is 5.71. The molecule has 3 nitrogen and oxygen atoms in total. The zero-order chi connectivity index (χ0) is 11.5. The van der Waals surface area contributed by atoms with Gasteiger partial charge in [0.1, 0.15) is 11.6 Å². The lowest BCUT2D eigenvalue weighted by atomic mass is 10.1. The van der Waals surface area contributed by atoms with Crippen LogP contribution in [0.15, 0.2) is 18.2 Å². The molecule has 1 aromatic carbocycles. The van der Waals surface area contributed by atoms with Crippen molar-refractivity contribution in [3.63, 3.8) is 0 Å². The predicted molar refractivity (Wildman–Crippen MR) is 65.4 cm³/mol. The molecule has 0 aromatic heterocycles. The van der Waals surface area contributed by atoms with Gasteiger partial charge in [0.25, 0.3) is 0 Å². The first kappa shape index (κ1) is 11.0. The fraction of sp³-hybridized carbons (Fsp3) is 0.462. The maximum atomic E-state index is 8.14. The Morgan fingerprint density at radius 2 is 2.00 bits per heavy atom. The molecule has 1 aromatic rings. The van der Waals surface area contributed by atoms with Gasteiger partial charge in [0.15, 0.2) is 0 Å². The summed E-state index contributed by atoms with van der Waals surface area (Å²) in [5.41, 5.74) is 2.07. The van der Waals surface area contributed by atoms with Crippen molar-refractivity contribution in [1.29, 1.82) is 5.41 Å². The molecule has 1 saturated heterocycles. The molecule has 2 rings (SSSR count).